The Kier molecular flexibility index (Phi) is 6.20. The molecular formula is C11H22N2O2. The Labute approximate surface area is 92.1 Å². The first-order valence-corrected chi connectivity index (χ1v) is 5.09. The second-order valence-electron chi connectivity index (χ2n) is 4.14. The lowest BCUT2D eigenvalue weighted by atomic mass is 10.1. The Morgan fingerprint density at radius 2 is 2.07 bits per heavy atom. The van der Waals surface area contributed by atoms with E-state index in [1.54, 1.807) is 7.05 Å². The Balaban J connectivity index is 3.60. The summed E-state index contributed by atoms with van der Waals surface area (Å²) in [5.41, 5.74) is 0.450. The maximum Gasteiger partial charge on any atom is 0.239 e. The zero-order chi connectivity index (χ0) is 11.9. The molecule has 0 fully saturated rings. The zero-order valence-corrected chi connectivity index (χ0v) is 10.1. The van der Waals surface area contributed by atoms with Gasteiger partial charge in [0.2, 0.25) is 5.91 Å². The summed E-state index contributed by atoms with van der Waals surface area (Å²) in [6.07, 6.45) is 0. The van der Waals surface area contributed by atoms with Crippen LogP contribution in [0.25, 0.3) is 0 Å². The molecule has 0 unspecified atom stereocenters. The third-order valence-corrected chi connectivity index (χ3v) is 2.07. The molecule has 0 aliphatic rings. The number of ether oxygens (including phenoxy) is 1. The molecule has 0 aliphatic heterocycles. The van der Waals surface area contributed by atoms with Crippen molar-refractivity contribution in [3.8, 4) is 0 Å². The second-order valence-corrected chi connectivity index (χ2v) is 4.14. The van der Waals surface area contributed by atoms with Crippen molar-refractivity contribution in [2.24, 2.45) is 0 Å². The molecule has 0 aromatic heterocycles. The highest BCUT2D eigenvalue weighted by Gasteiger charge is 2.24. The average molecular weight is 214 g/mol. The van der Waals surface area contributed by atoms with Gasteiger partial charge in [-0.25, -0.2) is 0 Å². The minimum atomic E-state index is -0.533. The molecule has 0 aliphatic carbocycles. The summed E-state index contributed by atoms with van der Waals surface area (Å²) in [6, 6.07) is 0. The Morgan fingerprint density at radius 3 is 2.53 bits per heavy atom. The van der Waals surface area contributed by atoms with Gasteiger partial charge in [0.05, 0.1) is 18.8 Å². The van der Waals surface area contributed by atoms with Crippen LogP contribution in [0.5, 0.6) is 0 Å². The van der Waals surface area contributed by atoms with Gasteiger partial charge in [-0.15, -0.1) is 0 Å². The quantitative estimate of drug-likeness (QED) is 0.484. The molecule has 0 radical (unpaired) electrons. The molecular weight excluding hydrogens is 192 g/mol. The lowest BCUT2D eigenvalue weighted by molar-refractivity contribution is -0.126. The summed E-state index contributed by atoms with van der Waals surface area (Å²) in [4.78, 5) is 11.5. The smallest absolute Gasteiger partial charge is 0.239 e. The van der Waals surface area contributed by atoms with Crippen molar-refractivity contribution < 1.29 is 9.53 Å². The van der Waals surface area contributed by atoms with Crippen molar-refractivity contribution in [2.45, 2.75) is 26.3 Å². The first kappa shape index (κ1) is 14.1. The van der Waals surface area contributed by atoms with Crippen LogP contribution in [-0.2, 0) is 9.53 Å². The highest BCUT2D eigenvalue weighted by atomic mass is 16.5. The number of hydrogen-bond acceptors (Lipinski definition) is 3. The minimum absolute atomic E-state index is 0.0241. The first-order valence-electron chi connectivity index (χ1n) is 5.09. The second kappa shape index (κ2) is 6.58. The van der Waals surface area contributed by atoms with E-state index in [1.165, 1.54) is 0 Å². The van der Waals surface area contributed by atoms with Crippen LogP contribution in [0, 0.1) is 0 Å². The number of carbonyl (C=O) groups is 1. The van der Waals surface area contributed by atoms with E-state index < -0.39 is 5.54 Å². The fourth-order valence-electron chi connectivity index (χ4n) is 0.818. The van der Waals surface area contributed by atoms with Crippen molar-refractivity contribution in [3.05, 3.63) is 12.2 Å². The van der Waals surface area contributed by atoms with Gasteiger partial charge in [0, 0.05) is 6.54 Å². The Hall–Kier alpha value is -0.870. The van der Waals surface area contributed by atoms with Gasteiger partial charge < -0.3 is 15.4 Å². The molecule has 15 heavy (non-hydrogen) atoms. The largest absolute Gasteiger partial charge is 0.375 e. The van der Waals surface area contributed by atoms with Crippen LogP contribution in [0.4, 0.5) is 0 Å². The number of likely N-dealkylation sites (N-methyl/N-ethyl adjacent to an activating group) is 1. The molecule has 0 atom stereocenters. The van der Waals surface area contributed by atoms with Gasteiger partial charge in [-0.05, 0) is 27.8 Å². The summed E-state index contributed by atoms with van der Waals surface area (Å²) >= 11 is 0. The fraction of sp³-hybridized carbons (Fsp3) is 0.727. The van der Waals surface area contributed by atoms with Crippen molar-refractivity contribution in [3.63, 3.8) is 0 Å². The Bertz CT molecular complexity index is 225. The average Bonchev–Trinajstić information content (AvgIpc) is 2.16. The third kappa shape index (κ3) is 6.25. The van der Waals surface area contributed by atoms with Crippen LogP contribution in [0.1, 0.15) is 20.8 Å². The lowest BCUT2D eigenvalue weighted by Crippen LogP contribution is -2.51. The summed E-state index contributed by atoms with van der Waals surface area (Å²) in [6.45, 7) is 10.9. The number of amides is 1. The minimum Gasteiger partial charge on any atom is -0.375 e. The van der Waals surface area contributed by atoms with Crippen molar-refractivity contribution in [1.29, 1.82) is 0 Å². The Morgan fingerprint density at radius 1 is 1.47 bits per heavy atom. The van der Waals surface area contributed by atoms with E-state index >= 15 is 0 Å². The number of hydrogen-bond donors (Lipinski definition) is 2. The van der Waals surface area contributed by atoms with Gasteiger partial charge in [-0.3, -0.25) is 4.79 Å². The zero-order valence-electron chi connectivity index (χ0n) is 10.1. The molecule has 88 valence electrons. The van der Waals surface area contributed by atoms with Gasteiger partial charge in [0.25, 0.3) is 0 Å². The van der Waals surface area contributed by atoms with Crippen molar-refractivity contribution >= 4 is 5.91 Å². The predicted octanol–water partition coefficient (Wildman–Crippen LogP) is 0.693. The topological polar surface area (TPSA) is 50.4 Å². The van der Waals surface area contributed by atoms with E-state index in [2.05, 4.69) is 17.2 Å². The van der Waals surface area contributed by atoms with Crippen molar-refractivity contribution in [2.75, 3.05) is 26.8 Å². The highest BCUT2D eigenvalue weighted by molar-refractivity contribution is 5.85. The van der Waals surface area contributed by atoms with E-state index in [1.807, 2.05) is 20.8 Å². The van der Waals surface area contributed by atoms with Crippen LogP contribution in [0.3, 0.4) is 0 Å². The molecule has 0 rings (SSSR count). The van der Waals surface area contributed by atoms with Crippen LogP contribution < -0.4 is 10.6 Å². The predicted molar refractivity (Wildman–Crippen MR) is 61.8 cm³/mol. The van der Waals surface area contributed by atoms with Gasteiger partial charge in [-0.2, -0.15) is 0 Å². The third-order valence-electron chi connectivity index (χ3n) is 2.07. The van der Waals surface area contributed by atoms with Gasteiger partial charge >= 0.3 is 0 Å². The molecule has 0 saturated carbocycles. The SMILES string of the molecule is C=C(C)COCCNC(=O)C(C)(C)NC. The molecule has 0 saturated heterocycles. The van der Waals surface area contributed by atoms with Gasteiger partial charge in [0.1, 0.15) is 0 Å². The van der Waals surface area contributed by atoms with Crippen LogP contribution >= 0.6 is 0 Å². The van der Waals surface area contributed by atoms with Crippen LogP contribution in [0.15, 0.2) is 12.2 Å². The number of nitrogens with one attached hydrogen (secondary N) is 2. The molecule has 0 heterocycles. The van der Waals surface area contributed by atoms with Crippen molar-refractivity contribution in [1.82, 2.24) is 10.6 Å². The molecule has 0 bridgehead atoms. The van der Waals surface area contributed by atoms with Crippen LogP contribution in [0.2, 0.25) is 0 Å². The van der Waals surface area contributed by atoms with E-state index in [0.29, 0.717) is 19.8 Å². The molecule has 0 aromatic rings. The molecule has 2 N–H and O–H groups in total. The van der Waals surface area contributed by atoms with E-state index in [9.17, 15) is 4.79 Å². The molecule has 1 amide bonds. The summed E-state index contributed by atoms with van der Waals surface area (Å²) in [5.74, 6) is -0.0241. The monoisotopic (exact) mass is 214 g/mol. The fourth-order valence-corrected chi connectivity index (χ4v) is 0.818. The standard InChI is InChI=1S/C11H22N2O2/c1-9(2)8-15-7-6-13-10(14)11(3,4)12-5/h12H,1,6-8H2,2-5H3,(H,13,14). The molecule has 4 nitrogen and oxygen atoms in total. The summed E-state index contributed by atoms with van der Waals surface area (Å²) in [5, 5.41) is 5.72. The summed E-state index contributed by atoms with van der Waals surface area (Å²) in [7, 11) is 1.76. The number of rotatable bonds is 7. The van der Waals surface area contributed by atoms with Gasteiger partial charge in [-0.1, -0.05) is 12.2 Å². The normalized spacial score (nSPS) is 11.2. The molecule has 0 aromatic carbocycles. The van der Waals surface area contributed by atoms with Crippen LogP contribution in [-0.4, -0.2) is 38.3 Å². The van der Waals surface area contributed by atoms with E-state index in [-0.39, 0.29) is 5.91 Å². The number of carbonyl (C=O) groups excluding carboxylic acids is 1. The summed E-state index contributed by atoms with van der Waals surface area (Å²) < 4.78 is 5.26. The molecule has 0 spiro atoms. The van der Waals surface area contributed by atoms with E-state index in [0.717, 1.165) is 5.57 Å². The maximum atomic E-state index is 11.5. The van der Waals surface area contributed by atoms with E-state index in [4.69, 9.17) is 4.74 Å². The lowest BCUT2D eigenvalue weighted by Gasteiger charge is -2.22. The highest BCUT2D eigenvalue weighted by Crippen LogP contribution is 1.99. The van der Waals surface area contributed by atoms with Gasteiger partial charge in [0.15, 0.2) is 0 Å². The maximum absolute atomic E-state index is 11.5. The molecule has 4 heteroatoms. The first-order chi connectivity index (χ1) is 6.90.